The molecule has 0 aliphatic carbocycles. The van der Waals surface area contributed by atoms with E-state index in [0.29, 0.717) is 13.0 Å². The van der Waals surface area contributed by atoms with Crippen molar-refractivity contribution >= 4 is 16.7 Å². The van der Waals surface area contributed by atoms with Crippen molar-refractivity contribution < 1.29 is 4.79 Å². The third-order valence-electron chi connectivity index (χ3n) is 4.96. The van der Waals surface area contributed by atoms with Crippen LogP contribution in [0.3, 0.4) is 0 Å². The molecule has 0 bridgehead atoms. The first kappa shape index (κ1) is 17.1. The zero-order valence-corrected chi connectivity index (χ0v) is 15.2. The topological polar surface area (TPSA) is 62.7 Å². The monoisotopic (exact) mass is 358 g/mol. The van der Waals surface area contributed by atoms with E-state index in [4.69, 9.17) is 0 Å². The Bertz CT molecular complexity index is 1040. The molecule has 2 aromatic heterocycles. The Balaban J connectivity index is 1.60. The first-order chi connectivity index (χ1) is 13.2. The van der Waals surface area contributed by atoms with Gasteiger partial charge in [0.1, 0.15) is 0 Å². The molecule has 4 aromatic rings. The minimum atomic E-state index is -0.0588. The second kappa shape index (κ2) is 7.50. The largest absolute Gasteiger partial charge is 0.352 e. The molecule has 0 aliphatic heterocycles. The molecule has 5 heteroatoms. The Morgan fingerprint density at radius 1 is 1.11 bits per heavy atom. The van der Waals surface area contributed by atoms with Crippen molar-refractivity contribution in [1.29, 1.82) is 0 Å². The molecule has 2 heterocycles. The molecule has 2 aromatic carbocycles. The summed E-state index contributed by atoms with van der Waals surface area (Å²) >= 11 is 0. The SMILES string of the molecule is Cc1[nH]ncc1CNC(=O)C[C@@H](c1cccc2ccccc12)n1cccc1. The van der Waals surface area contributed by atoms with Gasteiger partial charge in [-0.3, -0.25) is 9.89 Å². The standard InChI is InChI=1S/C22H22N4O/c1-16-18(15-24-25-16)14-23-22(27)13-21(26-11-4-5-12-26)20-10-6-8-17-7-2-3-9-19(17)20/h2-12,15,21H,13-14H2,1H3,(H,23,27)(H,24,25)/t21-/m0/s1. The molecule has 136 valence electrons. The number of carbonyl (C=O) groups excluding carboxylic acids is 1. The highest BCUT2D eigenvalue weighted by Crippen LogP contribution is 2.29. The average Bonchev–Trinajstić information content (AvgIpc) is 3.36. The van der Waals surface area contributed by atoms with Crippen LogP contribution in [0.15, 0.2) is 73.2 Å². The van der Waals surface area contributed by atoms with Crippen molar-refractivity contribution in [2.24, 2.45) is 0 Å². The van der Waals surface area contributed by atoms with Gasteiger partial charge in [0.05, 0.1) is 18.7 Å². The third kappa shape index (κ3) is 3.62. The van der Waals surface area contributed by atoms with Gasteiger partial charge in [-0.1, -0.05) is 42.5 Å². The molecule has 0 unspecified atom stereocenters. The smallest absolute Gasteiger partial charge is 0.222 e. The molecule has 5 nitrogen and oxygen atoms in total. The van der Waals surface area contributed by atoms with Crippen molar-refractivity contribution in [3.63, 3.8) is 0 Å². The summed E-state index contributed by atoms with van der Waals surface area (Å²) in [6, 6.07) is 18.5. The third-order valence-corrected chi connectivity index (χ3v) is 4.96. The number of amides is 1. The maximum absolute atomic E-state index is 12.7. The number of aromatic nitrogens is 3. The summed E-state index contributed by atoms with van der Waals surface area (Å²) < 4.78 is 2.10. The van der Waals surface area contributed by atoms with Gasteiger partial charge in [0.15, 0.2) is 0 Å². The Morgan fingerprint density at radius 2 is 1.89 bits per heavy atom. The van der Waals surface area contributed by atoms with Crippen LogP contribution >= 0.6 is 0 Å². The summed E-state index contributed by atoms with van der Waals surface area (Å²) in [4.78, 5) is 12.7. The van der Waals surface area contributed by atoms with Crippen LogP contribution in [0.5, 0.6) is 0 Å². The second-order valence-corrected chi connectivity index (χ2v) is 6.72. The Kier molecular flexibility index (Phi) is 4.75. The van der Waals surface area contributed by atoms with E-state index in [1.54, 1.807) is 6.20 Å². The van der Waals surface area contributed by atoms with Gasteiger partial charge < -0.3 is 9.88 Å². The fourth-order valence-electron chi connectivity index (χ4n) is 3.47. The van der Waals surface area contributed by atoms with Gasteiger partial charge in [-0.05, 0) is 35.4 Å². The molecule has 1 atom stereocenters. The van der Waals surface area contributed by atoms with Crippen LogP contribution in [0.1, 0.15) is 29.3 Å². The van der Waals surface area contributed by atoms with E-state index >= 15 is 0 Å². The van der Waals surface area contributed by atoms with E-state index in [1.807, 2.05) is 43.6 Å². The summed E-state index contributed by atoms with van der Waals surface area (Å²) in [6.07, 6.45) is 6.16. The molecule has 27 heavy (non-hydrogen) atoms. The summed E-state index contributed by atoms with van der Waals surface area (Å²) in [5.74, 6) is 0.0160. The summed E-state index contributed by atoms with van der Waals surface area (Å²) in [5, 5.41) is 12.3. The predicted octanol–water partition coefficient (Wildman–Crippen LogP) is 3.97. The average molecular weight is 358 g/mol. The minimum Gasteiger partial charge on any atom is -0.352 e. The maximum Gasteiger partial charge on any atom is 0.222 e. The van der Waals surface area contributed by atoms with Gasteiger partial charge in [-0.25, -0.2) is 0 Å². The minimum absolute atomic E-state index is 0.0160. The first-order valence-corrected chi connectivity index (χ1v) is 9.08. The van der Waals surface area contributed by atoms with Gasteiger partial charge in [-0.15, -0.1) is 0 Å². The molecule has 0 saturated heterocycles. The van der Waals surface area contributed by atoms with E-state index < -0.39 is 0 Å². The molecule has 2 N–H and O–H groups in total. The van der Waals surface area contributed by atoms with Gasteiger partial charge in [0.2, 0.25) is 5.91 Å². The lowest BCUT2D eigenvalue weighted by molar-refractivity contribution is -0.121. The molecule has 0 fully saturated rings. The molecule has 0 saturated carbocycles. The van der Waals surface area contributed by atoms with E-state index in [-0.39, 0.29) is 11.9 Å². The lowest BCUT2D eigenvalue weighted by atomic mass is 9.96. The van der Waals surface area contributed by atoms with Gasteiger partial charge >= 0.3 is 0 Å². The summed E-state index contributed by atoms with van der Waals surface area (Å²) in [6.45, 7) is 2.43. The highest BCUT2D eigenvalue weighted by molar-refractivity contribution is 5.87. The van der Waals surface area contributed by atoms with Gasteiger partial charge in [0, 0.05) is 30.2 Å². The number of nitrogens with zero attached hydrogens (tertiary/aromatic N) is 2. The summed E-state index contributed by atoms with van der Waals surface area (Å²) in [5.41, 5.74) is 3.14. The summed E-state index contributed by atoms with van der Waals surface area (Å²) in [7, 11) is 0. The van der Waals surface area contributed by atoms with Crippen LogP contribution in [0.2, 0.25) is 0 Å². The van der Waals surface area contributed by atoms with Gasteiger partial charge in [0.25, 0.3) is 0 Å². The van der Waals surface area contributed by atoms with E-state index in [2.05, 4.69) is 50.4 Å². The lowest BCUT2D eigenvalue weighted by Crippen LogP contribution is -2.26. The van der Waals surface area contributed by atoms with Crippen molar-refractivity contribution in [1.82, 2.24) is 20.1 Å². The number of fused-ring (bicyclic) bond motifs is 1. The normalized spacial score (nSPS) is 12.2. The molecular formula is C22H22N4O. The molecule has 1 amide bonds. The Hall–Kier alpha value is -3.34. The van der Waals surface area contributed by atoms with Crippen LogP contribution in [0.25, 0.3) is 10.8 Å². The van der Waals surface area contributed by atoms with Crippen molar-refractivity contribution in [3.05, 3.63) is 90.0 Å². The molecule has 0 aliphatic rings. The predicted molar refractivity (Wildman–Crippen MR) is 106 cm³/mol. The zero-order chi connectivity index (χ0) is 18.6. The van der Waals surface area contributed by atoms with Crippen LogP contribution < -0.4 is 5.32 Å². The van der Waals surface area contributed by atoms with Crippen molar-refractivity contribution in [2.75, 3.05) is 0 Å². The lowest BCUT2D eigenvalue weighted by Gasteiger charge is -2.21. The number of aromatic amines is 1. The van der Waals surface area contributed by atoms with Crippen LogP contribution in [-0.4, -0.2) is 20.7 Å². The highest BCUT2D eigenvalue weighted by atomic mass is 16.1. The fourth-order valence-corrected chi connectivity index (χ4v) is 3.47. The highest BCUT2D eigenvalue weighted by Gasteiger charge is 2.19. The molecule has 4 rings (SSSR count). The maximum atomic E-state index is 12.7. The number of hydrogen-bond donors (Lipinski definition) is 2. The quantitative estimate of drug-likeness (QED) is 0.548. The molecular weight excluding hydrogens is 336 g/mol. The van der Waals surface area contributed by atoms with Gasteiger partial charge in [-0.2, -0.15) is 5.10 Å². The molecule has 0 spiro atoms. The van der Waals surface area contributed by atoms with Crippen LogP contribution in [-0.2, 0) is 11.3 Å². The number of aryl methyl sites for hydroxylation is 1. The zero-order valence-electron chi connectivity index (χ0n) is 15.2. The number of hydrogen-bond acceptors (Lipinski definition) is 2. The molecule has 0 radical (unpaired) electrons. The number of nitrogens with one attached hydrogen (secondary N) is 2. The van der Waals surface area contributed by atoms with E-state index in [9.17, 15) is 4.79 Å². The number of benzene rings is 2. The van der Waals surface area contributed by atoms with E-state index in [1.165, 1.54) is 10.8 Å². The van der Waals surface area contributed by atoms with E-state index in [0.717, 1.165) is 16.8 Å². The van der Waals surface area contributed by atoms with Crippen LogP contribution in [0, 0.1) is 6.92 Å². The number of H-pyrrole nitrogens is 1. The van der Waals surface area contributed by atoms with Crippen LogP contribution in [0.4, 0.5) is 0 Å². The van der Waals surface area contributed by atoms with Crippen molar-refractivity contribution in [3.8, 4) is 0 Å². The fraction of sp³-hybridized carbons (Fsp3) is 0.182. The van der Waals surface area contributed by atoms with Crippen molar-refractivity contribution in [2.45, 2.75) is 25.9 Å². The number of rotatable bonds is 6. The second-order valence-electron chi connectivity index (χ2n) is 6.72. The first-order valence-electron chi connectivity index (χ1n) is 9.08. The Morgan fingerprint density at radius 3 is 2.67 bits per heavy atom. The number of carbonyl (C=O) groups is 1. The Labute approximate surface area is 158 Å².